The smallest absolute Gasteiger partial charge is 0.254 e. The second kappa shape index (κ2) is 9.17. The maximum Gasteiger partial charge on any atom is 0.254 e. The molecule has 1 aliphatic rings. The molecular weight excluding hydrogens is 404 g/mol. The summed E-state index contributed by atoms with van der Waals surface area (Å²) in [5.41, 5.74) is 2.93. The lowest BCUT2D eigenvalue weighted by Crippen LogP contribution is -2.51. The third-order valence-electron chi connectivity index (χ3n) is 5.77. The number of rotatable bonds is 5. The van der Waals surface area contributed by atoms with Gasteiger partial charge in [-0.1, -0.05) is 13.8 Å². The molecule has 176 valence electrons. The Morgan fingerprint density at radius 2 is 1.72 bits per heavy atom. The summed E-state index contributed by atoms with van der Waals surface area (Å²) in [6.07, 6.45) is 0. The summed E-state index contributed by atoms with van der Waals surface area (Å²) in [6, 6.07) is 2.08. The molecule has 0 atom stereocenters. The van der Waals surface area contributed by atoms with Crippen LogP contribution in [0.15, 0.2) is 6.07 Å². The minimum Gasteiger partial charge on any atom is -0.353 e. The van der Waals surface area contributed by atoms with Gasteiger partial charge < -0.3 is 10.2 Å². The number of aryl methyl sites for hydroxylation is 1. The van der Waals surface area contributed by atoms with E-state index in [0.717, 1.165) is 22.4 Å². The fraction of sp³-hybridized carbons (Fsp3) is 0.667. The van der Waals surface area contributed by atoms with Gasteiger partial charge in [0.25, 0.3) is 5.91 Å². The highest BCUT2D eigenvalue weighted by atomic mass is 16.2. The van der Waals surface area contributed by atoms with Gasteiger partial charge in [0.2, 0.25) is 5.91 Å². The zero-order valence-electron chi connectivity index (χ0n) is 20.8. The Bertz CT molecular complexity index is 994. The number of carbonyl (C=O) groups excluding carboxylic acids is 2. The highest BCUT2D eigenvalue weighted by molar-refractivity contribution is 6.06. The molecule has 32 heavy (non-hydrogen) atoms. The van der Waals surface area contributed by atoms with Crippen LogP contribution in [0.2, 0.25) is 0 Å². The van der Waals surface area contributed by atoms with E-state index >= 15 is 0 Å². The van der Waals surface area contributed by atoms with Crippen LogP contribution < -0.4 is 5.32 Å². The molecule has 2 aromatic rings. The van der Waals surface area contributed by atoms with Crippen LogP contribution in [0.1, 0.15) is 76.1 Å². The van der Waals surface area contributed by atoms with Crippen molar-refractivity contribution in [3.8, 4) is 0 Å². The van der Waals surface area contributed by atoms with Crippen LogP contribution >= 0.6 is 0 Å². The predicted octanol–water partition coefficient (Wildman–Crippen LogP) is 2.90. The maximum atomic E-state index is 13.6. The number of pyridine rings is 1. The van der Waals surface area contributed by atoms with Gasteiger partial charge >= 0.3 is 0 Å². The topological polar surface area (TPSA) is 83.4 Å². The molecule has 1 N–H and O–H groups in total. The molecule has 3 heterocycles. The molecule has 1 fully saturated rings. The lowest BCUT2D eigenvalue weighted by Gasteiger charge is -2.34. The van der Waals surface area contributed by atoms with E-state index in [1.807, 2.05) is 36.4 Å². The number of hydrogen-bond acceptors (Lipinski definition) is 5. The van der Waals surface area contributed by atoms with E-state index in [1.165, 1.54) is 0 Å². The lowest BCUT2D eigenvalue weighted by atomic mass is 10.0. The summed E-state index contributed by atoms with van der Waals surface area (Å²) < 4.78 is 1.94. The van der Waals surface area contributed by atoms with Crippen molar-refractivity contribution in [2.24, 2.45) is 0 Å². The van der Waals surface area contributed by atoms with E-state index < -0.39 is 0 Å². The summed E-state index contributed by atoms with van der Waals surface area (Å²) in [7, 11) is 0. The summed E-state index contributed by atoms with van der Waals surface area (Å²) in [5, 5.41) is 8.52. The van der Waals surface area contributed by atoms with E-state index in [9.17, 15) is 9.59 Å². The van der Waals surface area contributed by atoms with E-state index in [1.54, 1.807) is 0 Å². The van der Waals surface area contributed by atoms with Crippen molar-refractivity contribution in [1.82, 2.24) is 29.9 Å². The number of nitrogens with zero attached hydrogens (tertiary/aromatic N) is 5. The Morgan fingerprint density at radius 3 is 2.25 bits per heavy atom. The average molecular weight is 443 g/mol. The first-order chi connectivity index (χ1) is 14.9. The van der Waals surface area contributed by atoms with Gasteiger partial charge in [-0.3, -0.25) is 14.5 Å². The number of aromatic nitrogens is 3. The maximum absolute atomic E-state index is 13.6. The molecule has 8 nitrogen and oxygen atoms in total. The van der Waals surface area contributed by atoms with Gasteiger partial charge in [0.05, 0.1) is 28.7 Å². The third-order valence-corrected chi connectivity index (χ3v) is 5.77. The first-order valence-corrected chi connectivity index (χ1v) is 11.6. The SMILES string of the molecule is Cc1nn(C(C)(C)C)c2nc(C(C)C)cc(C(=O)N3CCN(CC(=O)NC(C)C)CC3)c12. The van der Waals surface area contributed by atoms with Gasteiger partial charge in [0, 0.05) is 37.9 Å². The first-order valence-electron chi connectivity index (χ1n) is 11.6. The van der Waals surface area contributed by atoms with Crippen molar-refractivity contribution >= 4 is 22.8 Å². The molecule has 2 amide bonds. The van der Waals surface area contributed by atoms with Crippen LogP contribution in [0, 0.1) is 6.92 Å². The number of amides is 2. The van der Waals surface area contributed by atoms with Crippen molar-refractivity contribution in [3.63, 3.8) is 0 Å². The van der Waals surface area contributed by atoms with Gasteiger partial charge in [-0.15, -0.1) is 0 Å². The molecule has 0 bridgehead atoms. The highest BCUT2D eigenvalue weighted by Crippen LogP contribution is 2.29. The molecular formula is C24H38N6O2. The van der Waals surface area contributed by atoms with Gasteiger partial charge in [0.15, 0.2) is 5.65 Å². The van der Waals surface area contributed by atoms with Crippen LogP contribution in [0.25, 0.3) is 11.0 Å². The molecule has 0 unspecified atom stereocenters. The number of nitrogens with one attached hydrogen (secondary N) is 1. The minimum absolute atomic E-state index is 0.0159. The second-order valence-corrected chi connectivity index (χ2v) is 10.4. The molecule has 0 aromatic carbocycles. The second-order valence-electron chi connectivity index (χ2n) is 10.4. The highest BCUT2D eigenvalue weighted by Gasteiger charge is 2.29. The number of piperazine rings is 1. The molecule has 8 heteroatoms. The fourth-order valence-corrected chi connectivity index (χ4v) is 4.09. The summed E-state index contributed by atoms with van der Waals surface area (Å²) in [5.74, 6) is 0.246. The zero-order valence-corrected chi connectivity index (χ0v) is 20.8. The van der Waals surface area contributed by atoms with Crippen LogP contribution in [-0.2, 0) is 10.3 Å². The van der Waals surface area contributed by atoms with Crippen LogP contribution in [0.4, 0.5) is 0 Å². The zero-order chi connectivity index (χ0) is 23.8. The predicted molar refractivity (Wildman–Crippen MR) is 127 cm³/mol. The Kier molecular flexibility index (Phi) is 6.93. The molecule has 0 spiro atoms. The van der Waals surface area contributed by atoms with Crippen molar-refractivity contribution in [1.29, 1.82) is 0 Å². The summed E-state index contributed by atoms with van der Waals surface area (Å²) in [4.78, 5) is 34.6. The van der Waals surface area contributed by atoms with E-state index in [4.69, 9.17) is 10.1 Å². The Morgan fingerprint density at radius 1 is 1.09 bits per heavy atom. The summed E-state index contributed by atoms with van der Waals surface area (Å²) >= 11 is 0. The lowest BCUT2D eigenvalue weighted by molar-refractivity contribution is -0.123. The number of hydrogen-bond donors (Lipinski definition) is 1. The van der Waals surface area contributed by atoms with Crippen LogP contribution in [0.3, 0.4) is 0 Å². The Labute approximate surface area is 191 Å². The van der Waals surface area contributed by atoms with E-state index in [-0.39, 0.29) is 29.3 Å². The number of fused-ring (bicyclic) bond motifs is 1. The van der Waals surface area contributed by atoms with Crippen molar-refractivity contribution in [2.75, 3.05) is 32.7 Å². The normalized spacial score (nSPS) is 15.8. The standard InChI is InChI=1S/C24H38N6O2/c1-15(2)19-13-18(21-17(5)27-30(22(21)26-19)24(6,7)8)23(32)29-11-9-28(10-12-29)14-20(31)25-16(3)4/h13,15-16H,9-12,14H2,1-8H3,(H,25,31). The Hall–Kier alpha value is -2.48. The molecule has 1 saturated heterocycles. The van der Waals surface area contributed by atoms with Gasteiger partial charge in [-0.25, -0.2) is 9.67 Å². The van der Waals surface area contributed by atoms with Crippen molar-refractivity contribution in [2.45, 2.75) is 72.9 Å². The van der Waals surface area contributed by atoms with Gasteiger partial charge in [0.1, 0.15) is 0 Å². The van der Waals surface area contributed by atoms with Gasteiger partial charge in [-0.2, -0.15) is 5.10 Å². The van der Waals surface area contributed by atoms with E-state index in [2.05, 4.69) is 44.8 Å². The molecule has 2 aromatic heterocycles. The van der Waals surface area contributed by atoms with Gasteiger partial charge in [-0.05, 0) is 53.5 Å². The van der Waals surface area contributed by atoms with E-state index in [0.29, 0.717) is 38.3 Å². The fourth-order valence-electron chi connectivity index (χ4n) is 4.09. The molecule has 3 rings (SSSR count). The molecule has 1 aliphatic heterocycles. The number of carbonyl (C=O) groups is 2. The third kappa shape index (κ3) is 5.11. The van der Waals surface area contributed by atoms with Crippen molar-refractivity contribution in [3.05, 3.63) is 23.0 Å². The van der Waals surface area contributed by atoms with Crippen molar-refractivity contribution < 1.29 is 9.59 Å². The molecule has 0 radical (unpaired) electrons. The monoisotopic (exact) mass is 442 g/mol. The largest absolute Gasteiger partial charge is 0.353 e. The average Bonchev–Trinajstić information content (AvgIpc) is 3.04. The first kappa shape index (κ1) is 24.2. The minimum atomic E-state index is -0.238. The summed E-state index contributed by atoms with van der Waals surface area (Å²) in [6.45, 7) is 19.3. The molecule has 0 saturated carbocycles. The quantitative estimate of drug-likeness (QED) is 0.770. The van der Waals surface area contributed by atoms with Crippen LogP contribution in [0.5, 0.6) is 0 Å². The van der Waals surface area contributed by atoms with Crippen LogP contribution in [-0.4, -0.2) is 75.1 Å². The molecule has 0 aliphatic carbocycles. The Balaban J connectivity index is 1.87.